The summed E-state index contributed by atoms with van der Waals surface area (Å²) in [6.45, 7) is 8.86. The number of pyridine rings is 3. The molecule has 0 saturated carbocycles. The maximum Gasteiger partial charge on any atom is 0.258 e. The van der Waals surface area contributed by atoms with E-state index in [2.05, 4.69) is 25.1 Å². The van der Waals surface area contributed by atoms with Crippen molar-refractivity contribution >= 4 is 97.6 Å². The molecule has 5 aliphatic heterocycles. The number of phenols is 1. The Morgan fingerprint density at radius 2 is 0.769 bits per heavy atom. The molecule has 8 aromatic carbocycles. The van der Waals surface area contributed by atoms with Gasteiger partial charge < -0.3 is 48.6 Å². The summed E-state index contributed by atoms with van der Waals surface area (Å²) < 4.78 is 155. The molecule has 0 unspecified atom stereocenters. The van der Waals surface area contributed by atoms with E-state index in [-0.39, 0.29) is 90.4 Å². The Morgan fingerprint density at radius 3 is 1.14 bits per heavy atom. The predicted molar refractivity (Wildman–Crippen MR) is 454 cm³/mol. The molecule has 27 nitrogen and oxygen atoms in total. The summed E-state index contributed by atoms with van der Waals surface area (Å²) in [5, 5.41) is 15.5. The van der Waals surface area contributed by atoms with Gasteiger partial charge in [0.2, 0.25) is 30.1 Å². The van der Waals surface area contributed by atoms with E-state index in [9.17, 15) is 57.9 Å². The Morgan fingerprint density at radius 1 is 0.438 bits per heavy atom. The average Bonchev–Trinajstić information content (AvgIpc) is 1.21. The molecular weight excluding hydrogens is 1620 g/mol. The summed E-state index contributed by atoms with van der Waals surface area (Å²) in [4.78, 5) is 62.2. The number of ether oxygens (including phenoxy) is 6. The number of halogens is 3. The Labute approximate surface area is 699 Å². The van der Waals surface area contributed by atoms with Gasteiger partial charge in [-0.05, 0) is 143 Å². The lowest BCUT2D eigenvalue weighted by molar-refractivity contribution is 0.0325. The second-order valence-electron chi connectivity index (χ2n) is 30.3. The first-order valence-electron chi connectivity index (χ1n) is 39.1. The number of hydrogen-bond donors (Lipinski definition) is 2. The van der Waals surface area contributed by atoms with E-state index in [4.69, 9.17) is 33.4 Å². The monoisotopic (exact) mass is 1710 g/mol. The van der Waals surface area contributed by atoms with Crippen molar-refractivity contribution in [1.82, 2.24) is 39.9 Å². The number of nitrogens with zero attached hydrogens (tertiary/aromatic N) is 10. The van der Waals surface area contributed by atoms with Crippen LogP contribution >= 0.6 is 0 Å². The van der Waals surface area contributed by atoms with Gasteiger partial charge in [-0.15, -0.1) is 0 Å². The van der Waals surface area contributed by atoms with Gasteiger partial charge in [-0.3, -0.25) is 52.1 Å². The molecule has 3 amide bonds. The molecule has 8 heterocycles. The molecule has 2 N–H and O–H groups in total. The Kier molecular flexibility index (Phi) is 25.7. The minimum Gasteiger partial charge on any atom is -0.505 e. The third kappa shape index (κ3) is 19.2. The molecule has 2 fully saturated rings. The maximum atomic E-state index is 14.1. The summed E-state index contributed by atoms with van der Waals surface area (Å²) in [5.74, 6) is -0.122. The van der Waals surface area contributed by atoms with Crippen molar-refractivity contribution < 1.29 is 86.3 Å². The zero-order valence-corrected chi connectivity index (χ0v) is 70.5. The highest BCUT2D eigenvalue weighted by Gasteiger charge is 2.41. The Bertz CT molecular complexity index is 6110. The standard InChI is InChI=1S/C34H37FN4O6S.C28H26FN3O5S.C26H29FN4O5S/c1-37(46(3,41)42)32-28-19-25(18-23-4-8-26(35)9-5-23)20-36-31(28)33(45-22-24-6-10-27(43-2)11-7-24)30-29(32)21-39(34(30)40)13-12-38-14-16-44-17-15-38;1-32(38(3,34)35)26-22-13-19(12-17-4-8-20(29)9-5-17)14-30-25(22)27(24-23(26)15-31-28(24)33)37-16-18-6-10-21(36-2)11-7-18;1-29(37(2,34)35)24-20-14-18(13-17-3-5-19(27)6-4-17)15-28-23(20)25(32)22-21(24)16-31(26(22)33)8-7-30-9-11-36-12-10-30/h4-11,19-20H,12-18,21-22H2,1-3H3;4-11,13-14H,12,15-16H2,1-3H3,(H,31,33);3-6,14-15,32H,7-13,16H2,1-2H3. The lowest BCUT2D eigenvalue weighted by atomic mass is 9.98. The molecule has 3 aromatic heterocycles. The number of nitrogens with one attached hydrogen (secondary N) is 1. The molecule has 5 aliphatic rings. The van der Waals surface area contributed by atoms with Gasteiger partial charge in [0.1, 0.15) is 58.7 Å². The van der Waals surface area contributed by atoms with Gasteiger partial charge in [0.25, 0.3) is 17.7 Å². The zero-order valence-electron chi connectivity index (χ0n) is 68.1. The summed E-state index contributed by atoms with van der Waals surface area (Å²) in [5.41, 5.74) is 11.0. The van der Waals surface area contributed by atoms with Crippen molar-refractivity contribution in [1.29, 1.82) is 0 Å². The molecule has 0 atom stereocenters. The van der Waals surface area contributed by atoms with Gasteiger partial charge in [0.05, 0.1) is 93.2 Å². The van der Waals surface area contributed by atoms with Crippen LogP contribution in [0.2, 0.25) is 0 Å². The summed E-state index contributed by atoms with van der Waals surface area (Å²) >= 11 is 0. The molecule has 634 valence electrons. The lowest BCUT2D eigenvalue weighted by Gasteiger charge is -2.28. The quantitative estimate of drug-likeness (QED) is 0.0509. The number of hydrogen-bond acceptors (Lipinski definition) is 21. The molecular formula is C88H92F3N11O16S3. The van der Waals surface area contributed by atoms with Crippen LogP contribution in [0.3, 0.4) is 0 Å². The van der Waals surface area contributed by atoms with E-state index in [1.165, 1.54) is 66.2 Å². The predicted octanol–water partition coefficient (Wildman–Crippen LogP) is 10.8. The Hall–Kier alpha value is -11.7. The minimum atomic E-state index is -3.73. The van der Waals surface area contributed by atoms with Gasteiger partial charge in [-0.25, -0.2) is 38.4 Å². The topological polar surface area (TPSA) is 303 Å². The first-order valence-corrected chi connectivity index (χ1v) is 44.6. The highest BCUT2D eigenvalue weighted by molar-refractivity contribution is 7.92. The molecule has 0 radical (unpaired) electrons. The number of carbonyl (C=O) groups is 3. The van der Waals surface area contributed by atoms with E-state index in [1.54, 1.807) is 85.1 Å². The van der Waals surface area contributed by atoms with Crippen LogP contribution < -0.4 is 37.2 Å². The number of methoxy groups -OCH3 is 2. The number of aromatic hydroxyl groups is 1. The van der Waals surface area contributed by atoms with Crippen LogP contribution in [-0.2, 0) is 91.7 Å². The molecule has 33 heteroatoms. The van der Waals surface area contributed by atoms with E-state index < -0.39 is 30.1 Å². The number of benzene rings is 8. The van der Waals surface area contributed by atoms with Crippen LogP contribution in [-0.4, -0.2) is 216 Å². The van der Waals surface area contributed by atoms with Crippen molar-refractivity contribution in [2.45, 2.75) is 52.1 Å². The van der Waals surface area contributed by atoms with Crippen molar-refractivity contribution in [2.75, 3.05) is 146 Å². The minimum absolute atomic E-state index is 0.0961. The van der Waals surface area contributed by atoms with Crippen LogP contribution in [0, 0.1) is 17.5 Å². The van der Waals surface area contributed by atoms with Crippen LogP contribution in [0.25, 0.3) is 32.7 Å². The number of anilines is 3. The van der Waals surface area contributed by atoms with Crippen LogP contribution in [0.1, 0.15) is 92.3 Å². The van der Waals surface area contributed by atoms with Gasteiger partial charge in [0, 0.05) is 145 Å². The SMILES string of the molecule is CN(c1c2c(c(O)c3ncc(Cc4ccc(F)cc4)cc13)C(=O)N(CCN1CCOCC1)C2)S(C)(=O)=O.COc1ccc(COc2c3c(c(N(C)S(C)(=O)=O)c4cc(Cc5ccc(F)cc5)cnc24)CN(CCN2CCOCC2)C3=O)cc1.COc1ccc(COc2c3c(c(N(C)S(C)(=O)=O)c4cc(Cc5ccc(F)cc5)cnc24)CNC3=O)cc1. The average molecular weight is 1710 g/mol. The number of sulfonamides is 3. The van der Waals surface area contributed by atoms with Crippen molar-refractivity contribution in [2.24, 2.45) is 0 Å². The smallest absolute Gasteiger partial charge is 0.258 e. The van der Waals surface area contributed by atoms with Crippen LogP contribution in [0.15, 0.2) is 158 Å². The van der Waals surface area contributed by atoms with E-state index in [1.807, 2.05) is 60.7 Å². The number of morpholine rings is 2. The molecule has 11 aromatic rings. The van der Waals surface area contributed by atoms with Gasteiger partial charge in [-0.2, -0.15) is 0 Å². The first kappa shape index (κ1) is 85.7. The number of amides is 3. The van der Waals surface area contributed by atoms with E-state index in [0.29, 0.717) is 161 Å². The maximum absolute atomic E-state index is 14.1. The number of phenolic OH excluding ortho intramolecular Hbond substituents is 1. The number of fused-ring (bicyclic) bond motifs is 6. The Balaban J connectivity index is 0.000000150. The fraction of sp³-hybridized carbons (Fsp3) is 0.318. The fourth-order valence-electron chi connectivity index (χ4n) is 15.5. The number of rotatable bonds is 26. The van der Waals surface area contributed by atoms with E-state index >= 15 is 0 Å². The molecule has 16 rings (SSSR count). The fourth-order valence-corrected chi connectivity index (χ4v) is 17.1. The molecule has 0 bridgehead atoms. The summed E-state index contributed by atoms with van der Waals surface area (Å²) in [6, 6.07) is 38.8. The van der Waals surface area contributed by atoms with Crippen LogP contribution in [0.5, 0.6) is 28.7 Å². The number of carbonyl (C=O) groups excluding carboxylic acids is 3. The molecule has 0 spiro atoms. The third-order valence-corrected chi connectivity index (χ3v) is 25.7. The summed E-state index contributed by atoms with van der Waals surface area (Å²) in [7, 11) is -3.50. The largest absolute Gasteiger partial charge is 0.505 e. The second kappa shape index (κ2) is 36.3. The lowest BCUT2D eigenvalue weighted by Crippen LogP contribution is -2.41. The van der Waals surface area contributed by atoms with Crippen molar-refractivity contribution in [3.05, 3.63) is 253 Å². The highest BCUT2D eigenvalue weighted by Crippen LogP contribution is 2.49. The van der Waals surface area contributed by atoms with Gasteiger partial charge in [-0.1, -0.05) is 60.7 Å². The first-order chi connectivity index (χ1) is 57.9. The van der Waals surface area contributed by atoms with Crippen LogP contribution in [0.4, 0.5) is 30.2 Å². The molecule has 121 heavy (non-hydrogen) atoms. The second-order valence-corrected chi connectivity index (χ2v) is 36.3. The van der Waals surface area contributed by atoms with E-state index in [0.717, 1.165) is 93.8 Å². The van der Waals surface area contributed by atoms with Crippen molar-refractivity contribution in [3.8, 4) is 28.7 Å². The molecule has 0 aliphatic carbocycles. The van der Waals surface area contributed by atoms with Crippen molar-refractivity contribution in [3.63, 3.8) is 0 Å². The normalized spacial score (nSPS) is 14.9. The third-order valence-electron chi connectivity index (χ3n) is 22.1. The zero-order chi connectivity index (χ0) is 85.8. The van der Waals surface area contributed by atoms with Gasteiger partial charge in [0.15, 0.2) is 17.2 Å². The number of aromatic nitrogens is 3. The summed E-state index contributed by atoms with van der Waals surface area (Å²) in [6.07, 6.45) is 9.64. The highest BCUT2D eigenvalue weighted by atomic mass is 32.2. The molecule has 2 saturated heterocycles. The van der Waals surface area contributed by atoms with Gasteiger partial charge >= 0.3 is 0 Å².